The Labute approximate surface area is 217 Å². The predicted octanol–water partition coefficient (Wildman–Crippen LogP) is 4.62. The topological polar surface area (TPSA) is 94.6 Å². The van der Waals surface area contributed by atoms with E-state index in [0.29, 0.717) is 29.4 Å². The highest BCUT2D eigenvalue weighted by Crippen LogP contribution is 2.39. The molecule has 1 fully saturated rings. The number of nitrogens with one attached hydrogen (secondary N) is 3. The van der Waals surface area contributed by atoms with Crippen molar-refractivity contribution in [2.24, 2.45) is 0 Å². The third kappa shape index (κ3) is 5.49. The van der Waals surface area contributed by atoms with Crippen LogP contribution in [0.1, 0.15) is 5.56 Å². The molecule has 0 aliphatic carbocycles. The molecule has 3 heterocycles. The number of amides is 1. The van der Waals surface area contributed by atoms with Gasteiger partial charge in [-0.05, 0) is 43.5 Å². The van der Waals surface area contributed by atoms with Gasteiger partial charge in [-0.25, -0.2) is 4.98 Å². The SMILES string of the molecule is C=CC(=O)Nc1cccc(Nc2nc(Nc3ccc4c(c3)OC[C@H]3CN(C)CCN43)ncc2C(F)(F)F)c1. The number of alkyl halides is 3. The first-order valence-corrected chi connectivity index (χ1v) is 11.9. The highest BCUT2D eigenvalue weighted by Gasteiger charge is 2.36. The van der Waals surface area contributed by atoms with Gasteiger partial charge in [-0.3, -0.25) is 4.79 Å². The van der Waals surface area contributed by atoms with E-state index in [2.05, 4.69) is 49.3 Å². The summed E-state index contributed by atoms with van der Waals surface area (Å²) < 4.78 is 47.2. The lowest BCUT2D eigenvalue weighted by Gasteiger charge is -2.44. The normalized spacial score (nSPS) is 17.1. The van der Waals surface area contributed by atoms with E-state index < -0.39 is 23.5 Å². The molecule has 38 heavy (non-hydrogen) atoms. The Morgan fingerprint density at radius 2 is 1.92 bits per heavy atom. The molecule has 3 aromatic rings. The van der Waals surface area contributed by atoms with Crippen LogP contribution >= 0.6 is 0 Å². The van der Waals surface area contributed by atoms with E-state index >= 15 is 0 Å². The number of anilines is 6. The van der Waals surface area contributed by atoms with Gasteiger partial charge in [0.05, 0.1) is 11.7 Å². The van der Waals surface area contributed by atoms with E-state index in [4.69, 9.17) is 4.74 Å². The second-order valence-corrected chi connectivity index (χ2v) is 9.08. The lowest BCUT2D eigenvalue weighted by Crippen LogP contribution is -2.56. The second-order valence-electron chi connectivity index (χ2n) is 9.08. The summed E-state index contributed by atoms with van der Waals surface area (Å²) in [5, 5.41) is 8.25. The van der Waals surface area contributed by atoms with Crippen molar-refractivity contribution in [3.8, 4) is 5.75 Å². The number of hydrogen-bond donors (Lipinski definition) is 3. The molecule has 9 nitrogen and oxygen atoms in total. The van der Waals surface area contributed by atoms with Crippen LogP contribution in [0, 0.1) is 0 Å². The van der Waals surface area contributed by atoms with Gasteiger partial charge in [-0.1, -0.05) is 12.6 Å². The van der Waals surface area contributed by atoms with Crippen molar-refractivity contribution in [3.63, 3.8) is 0 Å². The van der Waals surface area contributed by atoms with Crippen molar-refractivity contribution in [2.75, 3.05) is 54.1 Å². The zero-order chi connectivity index (χ0) is 26.9. The van der Waals surface area contributed by atoms with Crippen molar-refractivity contribution in [1.29, 1.82) is 0 Å². The number of ether oxygens (including phenoxy) is 1. The fourth-order valence-corrected chi connectivity index (χ4v) is 4.48. The van der Waals surface area contributed by atoms with Crippen molar-refractivity contribution < 1.29 is 22.7 Å². The second kappa shape index (κ2) is 10.2. The summed E-state index contributed by atoms with van der Waals surface area (Å²) >= 11 is 0. The number of carbonyl (C=O) groups is 1. The van der Waals surface area contributed by atoms with Gasteiger partial charge in [-0.2, -0.15) is 18.2 Å². The van der Waals surface area contributed by atoms with Gasteiger partial charge in [0.15, 0.2) is 0 Å². The number of rotatable bonds is 6. The Kier molecular flexibility index (Phi) is 6.81. The van der Waals surface area contributed by atoms with Gasteiger partial charge in [0.25, 0.3) is 0 Å². The summed E-state index contributed by atoms with van der Waals surface area (Å²) in [4.78, 5) is 24.2. The molecule has 1 saturated heterocycles. The summed E-state index contributed by atoms with van der Waals surface area (Å²) in [6.07, 6.45) is -2.86. The molecule has 12 heteroatoms. The van der Waals surface area contributed by atoms with Crippen molar-refractivity contribution >= 4 is 40.4 Å². The molecule has 0 spiro atoms. The summed E-state index contributed by atoms with van der Waals surface area (Å²) in [6, 6.07) is 12.1. The zero-order valence-electron chi connectivity index (χ0n) is 20.5. The third-order valence-electron chi connectivity index (χ3n) is 6.31. The molecule has 198 valence electrons. The molecule has 0 saturated carbocycles. The lowest BCUT2D eigenvalue weighted by molar-refractivity contribution is -0.137. The molecule has 1 amide bonds. The highest BCUT2D eigenvalue weighted by atomic mass is 19.4. The Bertz CT molecular complexity index is 1360. The number of halogens is 3. The summed E-state index contributed by atoms with van der Waals surface area (Å²) in [5.74, 6) is -0.204. The van der Waals surface area contributed by atoms with Crippen LogP contribution in [-0.4, -0.2) is 60.1 Å². The number of piperazine rings is 1. The predicted molar refractivity (Wildman–Crippen MR) is 139 cm³/mol. The van der Waals surface area contributed by atoms with E-state index in [1.54, 1.807) is 24.3 Å². The third-order valence-corrected chi connectivity index (χ3v) is 6.31. The number of likely N-dealkylation sites (N-methyl/N-ethyl adjacent to an activating group) is 1. The van der Waals surface area contributed by atoms with Gasteiger partial charge in [-0.15, -0.1) is 0 Å². The van der Waals surface area contributed by atoms with E-state index in [0.717, 1.165) is 37.6 Å². The maximum atomic E-state index is 13.7. The van der Waals surface area contributed by atoms with Crippen LogP contribution in [0.3, 0.4) is 0 Å². The smallest absolute Gasteiger partial charge is 0.421 e. The van der Waals surface area contributed by atoms with E-state index in [1.807, 2.05) is 12.1 Å². The molecule has 2 aliphatic rings. The fourth-order valence-electron chi connectivity index (χ4n) is 4.48. The molecule has 1 aromatic heterocycles. The number of nitrogens with zero attached hydrogens (tertiary/aromatic N) is 4. The number of fused-ring (bicyclic) bond motifs is 3. The van der Waals surface area contributed by atoms with Crippen LogP contribution in [-0.2, 0) is 11.0 Å². The van der Waals surface area contributed by atoms with E-state index in [-0.39, 0.29) is 12.0 Å². The Morgan fingerprint density at radius 1 is 1.13 bits per heavy atom. The monoisotopic (exact) mass is 525 g/mol. The number of hydrogen-bond acceptors (Lipinski definition) is 8. The quantitative estimate of drug-likeness (QED) is 0.402. The molecule has 0 unspecified atom stereocenters. The molecule has 5 rings (SSSR count). The van der Waals surface area contributed by atoms with Gasteiger partial charge in [0.1, 0.15) is 23.7 Å². The highest BCUT2D eigenvalue weighted by molar-refractivity contribution is 5.99. The summed E-state index contributed by atoms with van der Waals surface area (Å²) in [7, 11) is 2.09. The van der Waals surface area contributed by atoms with E-state index in [1.165, 1.54) is 6.07 Å². The Morgan fingerprint density at radius 3 is 2.71 bits per heavy atom. The number of aromatic nitrogens is 2. The minimum atomic E-state index is -4.69. The van der Waals surface area contributed by atoms with Gasteiger partial charge >= 0.3 is 6.18 Å². The molecule has 3 N–H and O–H groups in total. The summed E-state index contributed by atoms with van der Waals surface area (Å²) in [6.45, 7) is 6.70. The maximum absolute atomic E-state index is 13.7. The number of carbonyl (C=O) groups excluding carboxylic acids is 1. The van der Waals surface area contributed by atoms with Crippen molar-refractivity contribution in [2.45, 2.75) is 12.2 Å². The number of benzene rings is 2. The standard InChI is InChI=1S/C26H26F3N7O2/c1-3-23(37)31-16-5-4-6-17(11-16)32-24-20(26(27,28)29)13-30-25(34-24)33-18-7-8-21-22(12-18)38-15-19-14-35(2)9-10-36(19)21/h3-8,11-13,19H,1,9-10,14-15H2,2H3,(H,31,37)(H2,30,32,33,34)/t19-/m1/s1. The van der Waals surface area contributed by atoms with Crippen LogP contribution in [0.25, 0.3) is 0 Å². The van der Waals surface area contributed by atoms with Crippen LogP contribution in [0.15, 0.2) is 61.3 Å². The van der Waals surface area contributed by atoms with Crippen molar-refractivity contribution in [1.82, 2.24) is 14.9 Å². The zero-order valence-corrected chi connectivity index (χ0v) is 20.5. The molecule has 0 bridgehead atoms. The van der Waals surface area contributed by atoms with Crippen molar-refractivity contribution in [3.05, 3.63) is 66.9 Å². The molecular formula is C26H26F3N7O2. The van der Waals surface area contributed by atoms with Gasteiger partial charge < -0.3 is 30.5 Å². The molecule has 0 radical (unpaired) electrons. The summed E-state index contributed by atoms with van der Waals surface area (Å²) in [5.41, 5.74) is 1.22. The Balaban J connectivity index is 1.39. The largest absolute Gasteiger partial charge is 0.489 e. The van der Waals surface area contributed by atoms with Gasteiger partial charge in [0.2, 0.25) is 11.9 Å². The van der Waals surface area contributed by atoms with Crippen LogP contribution in [0.4, 0.5) is 47.7 Å². The van der Waals surface area contributed by atoms with Gasteiger partial charge in [0, 0.05) is 49.0 Å². The maximum Gasteiger partial charge on any atom is 0.421 e. The average Bonchev–Trinajstić information content (AvgIpc) is 2.88. The van der Waals surface area contributed by atoms with Crippen LogP contribution in [0.5, 0.6) is 5.75 Å². The van der Waals surface area contributed by atoms with E-state index in [9.17, 15) is 18.0 Å². The fraction of sp³-hybridized carbons (Fsp3) is 0.269. The molecule has 2 aliphatic heterocycles. The first kappa shape index (κ1) is 25.3. The van der Waals surface area contributed by atoms with Crippen LogP contribution in [0.2, 0.25) is 0 Å². The minimum Gasteiger partial charge on any atom is -0.489 e. The first-order chi connectivity index (χ1) is 18.2. The molecule has 2 aromatic carbocycles. The minimum absolute atomic E-state index is 0.0233. The lowest BCUT2D eigenvalue weighted by atomic mass is 10.1. The van der Waals surface area contributed by atoms with Crippen LogP contribution < -0.4 is 25.6 Å². The average molecular weight is 526 g/mol. The first-order valence-electron chi connectivity index (χ1n) is 11.9. The molecular weight excluding hydrogens is 499 g/mol. The molecule has 1 atom stereocenters. The Hall–Kier alpha value is -4.32.